The maximum atomic E-state index is 13.5. The summed E-state index contributed by atoms with van der Waals surface area (Å²) in [4.78, 5) is 4.18. The lowest BCUT2D eigenvalue weighted by atomic mass is 9.76. The van der Waals surface area contributed by atoms with E-state index in [-0.39, 0.29) is 12.4 Å². The second-order valence-corrected chi connectivity index (χ2v) is 6.49. The first-order valence-electron chi connectivity index (χ1n) is 8.80. The van der Waals surface area contributed by atoms with Crippen LogP contribution in [0.4, 0.5) is 13.2 Å². The summed E-state index contributed by atoms with van der Waals surface area (Å²) in [6, 6.07) is 24.5. The van der Waals surface area contributed by atoms with Gasteiger partial charge in [-0.1, -0.05) is 72.8 Å². The van der Waals surface area contributed by atoms with Gasteiger partial charge in [0.2, 0.25) is 0 Å². The highest BCUT2D eigenvalue weighted by Crippen LogP contribution is 2.42. The van der Waals surface area contributed by atoms with Gasteiger partial charge in [-0.15, -0.1) is 12.4 Å². The first-order valence-corrected chi connectivity index (χ1v) is 8.80. The zero-order valence-electron chi connectivity index (χ0n) is 15.3. The molecule has 0 amide bonds. The third-order valence-electron chi connectivity index (χ3n) is 4.88. The summed E-state index contributed by atoms with van der Waals surface area (Å²) in [5.41, 5.74) is 0.538. The third-order valence-corrected chi connectivity index (χ3v) is 4.88. The molecular formula is C23H18ClF3N2. The van der Waals surface area contributed by atoms with Gasteiger partial charge in [0.05, 0.1) is 11.9 Å². The summed E-state index contributed by atoms with van der Waals surface area (Å²) in [6.07, 6.45) is 0.624. The molecular weight excluding hydrogens is 397 g/mol. The lowest BCUT2D eigenvalue weighted by Gasteiger charge is -2.37. The smallest absolute Gasteiger partial charge is 0.319 e. The van der Waals surface area contributed by atoms with Crippen molar-refractivity contribution in [2.24, 2.45) is 0 Å². The Morgan fingerprint density at radius 1 is 0.655 bits per heavy atom. The van der Waals surface area contributed by atoms with Crippen molar-refractivity contribution >= 4 is 12.4 Å². The summed E-state index contributed by atoms with van der Waals surface area (Å²) in [5, 5.41) is 0. The van der Waals surface area contributed by atoms with E-state index in [9.17, 15) is 13.2 Å². The molecule has 4 rings (SSSR count). The average molecular weight is 415 g/mol. The molecule has 0 aliphatic carbocycles. The van der Waals surface area contributed by atoms with E-state index in [0.717, 1.165) is 17.2 Å². The van der Waals surface area contributed by atoms with E-state index in [1.165, 1.54) is 12.1 Å². The average Bonchev–Trinajstić information content (AvgIpc) is 3.25. The SMILES string of the molecule is Cl.FC(F)(F)c1cccc(C(c2ccccc2)(c2ccccc2)n2ccnc2)c1. The standard InChI is InChI=1S/C23H17F3N2.ClH/c24-23(25,26)21-13-7-12-20(16-21)22(28-15-14-27-17-28,18-8-3-1-4-9-18)19-10-5-2-6-11-19;/h1-17H;1H. The van der Waals surface area contributed by atoms with Crippen molar-refractivity contribution in [2.75, 3.05) is 0 Å². The van der Waals surface area contributed by atoms with Crippen LogP contribution in [-0.2, 0) is 11.7 Å². The molecule has 0 unspecified atom stereocenters. The van der Waals surface area contributed by atoms with E-state index < -0.39 is 17.3 Å². The molecule has 0 saturated heterocycles. The molecule has 0 N–H and O–H groups in total. The highest BCUT2D eigenvalue weighted by molar-refractivity contribution is 5.85. The molecule has 0 aliphatic heterocycles. The van der Waals surface area contributed by atoms with Crippen LogP contribution in [0.5, 0.6) is 0 Å². The molecule has 1 heterocycles. The Morgan fingerprint density at radius 2 is 1.17 bits per heavy atom. The largest absolute Gasteiger partial charge is 0.416 e. The first-order chi connectivity index (χ1) is 13.5. The number of benzene rings is 3. The van der Waals surface area contributed by atoms with Crippen molar-refractivity contribution in [1.82, 2.24) is 9.55 Å². The van der Waals surface area contributed by atoms with Crippen LogP contribution in [0.3, 0.4) is 0 Å². The van der Waals surface area contributed by atoms with E-state index in [1.807, 2.05) is 65.2 Å². The Kier molecular flexibility index (Phi) is 5.80. The zero-order chi connectivity index (χ0) is 19.6. The fourth-order valence-electron chi connectivity index (χ4n) is 3.68. The van der Waals surface area contributed by atoms with Crippen LogP contribution < -0.4 is 0 Å². The van der Waals surface area contributed by atoms with Gasteiger partial charge in [0.25, 0.3) is 0 Å². The van der Waals surface area contributed by atoms with Gasteiger partial charge in [-0.05, 0) is 28.8 Å². The Balaban J connectivity index is 0.00000240. The Morgan fingerprint density at radius 3 is 1.66 bits per heavy atom. The summed E-state index contributed by atoms with van der Waals surface area (Å²) in [5.74, 6) is 0. The normalized spacial score (nSPS) is 11.7. The van der Waals surface area contributed by atoms with Crippen molar-refractivity contribution in [3.63, 3.8) is 0 Å². The molecule has 3 aromatic carbocycles. The minimum atomic E-state index is -4.43. The Hall–Kier alpha value is -3.05. The van der Waals surface area contributed by atoms with Gasteiger partial charge in [0.1, 0.15) is 5.54 Å². The Labute approximate surface area is 173 Å². The van der Waals surface area contributed by atoms with Crippen molar-refractivity contribution in [2.45, 2.75) is 11.7 Å². The molecule has 0 spiro atoms. The van der Waals surface area contributed by atoms with E-state index in [0.29, 0.717) is 5.56 Å². The van der Waals surface area contributed by atoms with E-state index in [4.69, 9.17) is 0 Å². The van der Waals surface area contributed by atoms with Crippen LogP contribution in [0.25, 0.3) is 0 Å². The molecule has 0 radical (unpaired) electrons. The fourth-order valence-corrected chi connectivity index (χ4v) is 3.68. The summed E-state index contributed by atoms with van der Waals surface area (Å²) >= 11 is 0. The highest BCUT2D eigenvalue weighted by atomic mass is 35.5. The van der Waals surface area contributed by atoms with Crippen LogP contribution in [0.1, 0.15) is 22.3 Å². The molecule has 0 bridgehead atoms. The number of hydrogen-bond acceptors (Lipinski definition) is 1. The molecule has 0 atom stereocenters. The maximum Gasteiger partial charge on any atom is 0.416 e. The Bertz CT molecular complexity index is 1010. The van der Waals surface area contributed by atoms with Gasteiger partial charge in [-0.3, -0.25) is 0 Å². The van der Waals surface area contributed by atoms with Crippen LogP contribution in [-0.4, -0.2) is 9.55 Å². The van der Waals surface area contributed by atoms with Crippen LogP contribution >= 0.6 is 12.4 Å². The van der Waals surface area contributed by atoms with E-state index in [2.05, 4.69) is 4.98 Å². The molecule has 0 fully saturated rings. The van der Waals surface area contributed by atoms with Gasteiger partial charge in [-0.25, -0.2) is 4.98 Å². The van der Waals surface area contributed by atoms with Crippen molar-refractivity contribution in [3.8, 4) is 0 Å². The lowest BCUT2D eigenvalue weighted by Crippen LogP contribution is -2.37. The molecule has 0 saturated carbocycles. The molecule has 6 heteroatoms. The number of aromatic nitrogens is 2. The summed E-state index contributed by atoms with van der Waals surface area (Å²) < 4.78 is 42.3. The predicted octanol–water partition coefficient (Wildman–Crippen LogP) is 6.16. The molecule has 29 heavy (non-hydrogen) atoms. The number of nitrogens with zero attached hydrogens (tertiary/aromatic N) is 2. The third kappa shape index (κ3) is 3.66. The molecule has 0 aliphatic rings. The van der Waals surface area contributed by atoms with Crippen LogP contribution in [0.15, 0.2) is 104 Å². The highest BCUT2D eigenvalue weighted by Gasteiger charge is 2.40. The van der Waals surface area contributed by atoms with E-state index >= 15 is 0 Å². The van der Waals surface area contributed by atoms with Crippen LogP contribution in [0.2, 0.25) is 0 Å². The van der Waals surface area contributed by atoms with Gasteiger partial charge in [0.15, 0.2) is 0 Å². The predicted molar refractivity (Wildman–Crippen MR) is 109 cm³/mol. The number of rotatable bonds is 4. The fraction of sp³-hybridized carbons (Fsp3) is 0.0870. The zero-order valence-corrected chi connectivity index (χ0v) is 16.1. The number of halogens is 4. The minimum Gasteiger partial charge on any atom is -0.319 e. The van der Waals surface area contributed by atoms with E-state index in [1.54, 1.807) is 24.8 Å². The topological polar surface area (TPSA) is 17.8 Å². The molecule has 4 aromatic rings. The first kappa shape index (κ1) is 20.7. The number of hydrogen-bond donors (Lipinski definition) is 0. The molecule has 148 valence electrons. The van der Waals surface area contributed by atoms with Crippen LogP contribution in [0, 0.1) is 0 Å². The van der Waals surface area contributed by atoms with Gasteiger partial charge < -0.3 is 4.57 Å². The second-order valence-electron chi connectivity index (χ2n) is 6.49. The second kappa shape index (κ2) is 8.13. The lowest BCUT2D eigenvalue weighted by molar-refractivity contribution is -0.137. The van der Waals surface area contributed by atoms with Gasteiger partial charge in [0, 0.05) is 12.4 Å². The van der Waals surface area contributed by atoms with Gasteiger partial charge in [-0.2, -0.15) is 13.2 Å². The van der Waals surface area contributed by atoms with Gasteiger partial charge >= 0.3 is 6.18 Å². The number of imidazole rings is 1. The van der Waals surface area contributed by atoms with Crippen molar-refractivity contribution in [3.05, 3.63) is 126 Å². The molecule has 1 aromatic heterocycles. The number of alkyl halides is 3. The molecule has 2 nitrogen and oxygen atoms in total. The maximum absolute atomic E-state index is 13.5. The summed E-state index contributed by atoms with van der Waals surface area (Å²) in [7, 11) is 0. The quantitative estimate of drug-likeness (QED) is 0.365. The monoisotopic (exact) mass is 414 g/mol. The minimum absolute atomic E-state index is 0. The van der Waals surface area contributed by atoms with Crippen molar-refractivity contribution in [1.29, 1.82) is 0 Å². The summed E-state index contributed by atoms with van der Waals surface area (Å²) in [6.45, 7) is 0. The van der Waals surface area contributed by atoms with Crippen molar-refractivity contribution < 1.29 is 13.2 Å².